The van der Waals surface area contributed by atoms with Gasteiger partial charge in [0.1, 0.15) is 5.75 Å². The third kappa shape index (κ3) is 4.08. The molecule has 1 N–H and O–H groups in total. The Morgan fingerprint density at radius 3 is 2.84 bits per heavy atom. The first-order chi connectivity index (χ1) is 9.33. The molecule has 2 aromatic rings. The molecule has 2 rings (SSSR count). The number of ether oxygens (including phenoxy) is 1. The second-order valence-corrected chi connectivity index (χ2v) is 5.60. The Kier molecular flexibility index (Phi) is 5.43. The van der Waals surface area contributed by atoms with Crippen LogP contribution in [0.3, 0.4) is 0 Å². The number of nitrogens with one attached hydrogen (secondary N) is 1. The summed E-state index contributed by atoms with van der Waals surface area (Å²) in [6.07, 6.45) is 2.18. The highest BCUT2D eigenvalue weighted by atomic mass is 32.1. The molecule has 102 valence electrons. The average molecular weight is 275 g/mol. The van der Waals surface area contributed by atoms with Gasteiger partial charge in [-0.2, -0.15) is 0 Å². The fourth-order valence-corrected chi connectivity index (χ4v) is 2.87. The molecule has 0 fully saturated rings. The molecule has 0 saturated carbocycles. The van der Waals surface area contributed by atoms with Crippen LogP contribution in [-0.2, 0) is 6.42 Å². The molecule has 19 heavy (non-hydrogen) atoms. The molecule has 0 amide bonds. The lowest BCUT2D eigenvalue weighted by atomic mass is 10.0. The highest BCUT2D eigenvalue weighted by molar-refractivity contribution is 7.09. The quantitative estimate of drug-likeness (QED) is 0.823. The van der Waals surface area contributed by atoms with Gasteiger partial charge in [0.2, 0.25) is 0 Å². The maximum Gasteiger partial charge on any atom is 0.119 e. The van der Waals surface area contributed by atoms with E-state index in [0.29, 0.717) is 6.04 Å². The van der Waals surface area contributed by atoms with Gasteiger partial charge in [0.05, 0.1) is 7.11 Å². The number of hydrogen-bond acceptors (Lipinski definition) is 3. The van der Waals surface area contributed by atoms with Gasteiger partial charge in [-0.25, -0.2) is 0 Å². The van der Waals surface area contributed by atoms with Crippen molar-refractivity contribution in [2.24, 2.45) is 0 Å². The molecule has 1 aromatic heterocycles. The Bertz CT molecular complexity index is 481. The molecule has 0 aliphatic carbocycles. The molecule has 0 aliphatic rings. The Hall–Kier alpha value is -1.32. The second-order valence-electron chi connectivity index (χ2n) is 4.57. The molecule has 0 bridgehead atoms. The third-order valence-corrected chi connectivity index (χ3v) is 4.02. The molecular weight excluding hydrogens is 254 g/mol. The van der Waals surface area contributed by atoms with Gasteiger partial charge in [0.15, 0.2) is 0 Å². The van der Waals surface area contributed by atoms with Crippen LogP contribution in [0.4, 0.5) is 0 Å². The van der Waals surface area contributed by atoms with Crippen LogP contribution in [0, 0.1) is 0 Å². The van der Waals surface area contributed by atoms with E-state index in [-0.39, 0.29) is 0 Å². The minimum Gasteiger partial charge on any atom is -0.497 e. The van der Waals surface area contributed by atoms with Crippen molar-refractivity contribution in [1.29, 1.82) is 0 Å². The van der Waals surface area contributed by atoms with Crippen LogP contribution < -0.4 is 10.1 Å². The predicted molar refractivity (Wildman–Crippen MR) is 82.1 cm³/mol. The molecule has 1 aromatic carbocycles. The average Bonchev–Trinajstić information content (AvgIpc) is 2.96. The molecule has 2 nitrogen and oxygen atoms in total. The highest BCUT2D eigenvalue weighted by Gasteiger charge is 2.12. The summed E-state index contributed by atoms with van der Waals surface area (Å²) >= 11 is 1.82. The first-order valence-electron chi connectivity index (χ1n) is 6.73. The summed E-state index contributed by atoms with van der Waals surface area (Å²) in [7, 11) is 1.72. The molecule has 0 aliphatic heterocycles. The number of thiophene rings is 1. The van der Waals surface area contributed by atoms with Crippen molar-refractivity contribution in [2.45, 2.75) is 25.8 Å². The third-order valence-electron chi connectivity index (χ3n) is 3.12. The van der Waals surface area contributed by atoms with Gasteiger partial charge < -0.3 is 10.1 Å². The van der Waals surface area contributed by atoms with Crippen LogP contribution in [0.25, 0.3) is 0 Å². The first-order valence-corrected chi connectivity index (χ1v) is 7.61. The Morgan fingerprint density at radius 2 is 2.16 bits per heavy atom. The lowest BCUT2D eigenvalue weighted by Crippen LogP contribution is -2.23. The number of methoxy groups -OCH3 is 1. The van der Waals surface area contributed by atoms with E-state index in [9.17, 15) is 0 Å². The van der Waals surface area contributed by atoms with Gasteiger partial charge in [0, 0.05) is 17.3 Å². The summed E-state index contributed by atoms with van der Waals surface area (Å²) in [4.78, 5) is 1.41. The summed E-state index contributed by atoms with van der Waals surface area (Å²) < 4.78 is 5.32. The number of benzene rings is 1. The molecular formula is C16H21NOS. The van der Waals surface area contributed by atoms with Gasteiger partial charge in [-0.1, -0.05) is 25.1 Å². The monoisotopic (exact) mass is 275 g/mol. The van der Waals surface area contributed by atoms with Crippen molar-refractivity contribution < 1.29 is 4.74 Å². The summed E-state index contributed by atoms with van der Waals surface area (Å²) in [6, 6.07) is 13.0. The van der Waals surface area contributed by atoms with Crippen LogP contribution >= 0.6 is 11.3 Å². The SMILES string of the molecule is CCCNC(Cc1cccs1)c1cccc(OC)c1. The lowest BCUT2D eigenvalue weighted by molar-refractivity contribution is 0.413. The van der Waals surface area contributed by atoms with Gasteiger partial charge in [-0.15, -0.1) is 11.3 Å². The molecule has 1 heterocycles. The van der Waals surface area contributed by atoms with E-state index in [1.165, 1.54) is 10.4 Å². The zero-order chi connectivity index (χ0) is 13.5. The zero-order valence-electron chi connectivity index (χ0n) is 11.6. The molecule has 0 spiro atoms. The predicted octanol–water partition coefficient (Wildman–Crippen LogP) is 4.04. The van der Waals surface area contributed by atoms with Gasteiger partial charge in [-0.05, 0) is 42.1 Å². The molecule has 1 unspecified atom stereocenters. The minimum atomic E-state index is 0.355. The summed E-state index contributed by atoms with van der Waals surface area (Å²) in [5, 5.41) is 5.76. The maximum absolute atomic E-state index is 5.32. The van der Waals surface area contributed by atoms with E-state index < -0.39 is 0 Å². The van der Waals surface area contributed by atoms with E-state index in [1.54, 1.807) is 7.11 Å². The van der Waals surface area contributed by atoms with Gasteiger partial charge in [0.25, 0.3) is 0 Å². The van der Waals surface area contributed by atoms with Crippen molar-refractivity contribution in [3.8, 4) is 5.75 Å². The minimum absolute atomic E-state index is 0.355. The molecule has 1 atom stereocenters. The number of rotatable bonds is 7. The molecule has 0 saturated heterocycles. The lowest BCUT2D eigenvalue weighted by Gasteiger charge is -2.19. The van der Waals surface area contributed by atoms with Gasteiger partial charge in [-0.3, -0.25) is 0 Å². The van der Waals surface area contributed by atoms with Crippen molar-refractivity contribution in [3.05, 3.63) is 52.2 Å². The van der Waals surface area contributed by atoms with Crippen molar-refractivity contribution in [3.63, 3.8) is 0 Å². The number of hydrogen-bond donors (Lipinski definition) is 1. The summed E-state index contributed by atoms with van der Waals surface area (Å²) in [5.74, 6) is 0.923. The summed E-state index contributed by atoms with van der Waals surface area (Å²) in [5.41, 5.74) is 1.29. The van der Waals surface area contributed by atoms with Crippen molar-refractivity contribution >= 4 is 11.3 Å². The topological polar surface area (TPSA) is 21.3 Å². The fraction of sp³-hybridized carbons (Fsp3) is 0.375. The molecule has 3 heteroatoms. The smallest absolute Gasteiger partial charge is 0.119 e. The van der Waals surface area contributed by atoms with Crippen LogP contribution in [0.5, 0.6) is 5.75 Å². The standard InChI is InChI=1S/C16H21NOS/c1-3-9-17-16(12-15-8-5-10-19-15)13-6-4-7-14(11-13)18-2/h4-8,10-11,16-17H,3,9,12H2,1-2H3. The normalized spacial score (nSPS) is 12.3. The van der Waals surface area contributed by atoms with Crippen molar-refractivity contribution in [1.82, 2.24) is 5.32 Å². The van der Waals surface area contributed by atoms with Crippen LogP contribution in [-0.4, -0.2) is 13.7 Å². The van der Waals surface area contributed by atoms with E-state index in [2.05, 4.69) is 48.0 Å². The van der Waals surface area contributed by atoms with Crippen LogP contribution in [0.2, 0.25) is 0 Å². The fourth-order valence-electron chi connectivity index (χ4n) is 2.11. The summed E-state index contributed by atoms with van der Waals surface area (Å²) in [6.45, 7) is 3.23. The van der Waals surface area contributed by atoms with Gasteiger partial charge >= 0.3 is 0 Å². The molecule has 0 radical (unpaired) electrons. The Labute approximate surface area is 119 Å². The van der Waals surface area contributed by atoms with Crippen LogP contribution in [0.15, 0.2) is 41.8 Å². The van der Waals surface area contributed by atoms with E-state index in [1.807, 2.05) is 17.4 Å². The highest BCUT2D eigenvalue weighted by Crippen LogP contribution is 2.24. The Balaban J connectivity index is 2.15. The largest absolute Gasteiger partial charge is 0.497 e. The zero-order valence-corrected chi connectivity index (χ0v) is 12.4. The van der Waals surface area contributed by atoms with E-state index in [0.717, 1.165) is 25.1 Å². The van der Waals surface area contributed by atoms with E-state index >= 15 is 0 Å². The maximum atomic E-state index is 5.32. The Morgan fingerprint density at radius 1 is 1.26 bits per heavy atom. The first kappa shape index (κ1) is 14.1. The van der Waals surface area contributed by atoms with Crippen molar-refractivity contribution in [2.75, 3.05) is 13.7 Å². The van der Waals surface area contributed by atoms with Crippen LogP contribution in [0.1, 0.15) is 29.8 Å². The second kappa shape index (κ2) is 7.31. The van der Waals surface area contributed by atoms with E-state index in [4.69, 9.17) is 4.74 Å².